The maximum atomic E-state index is 11.6. The lowest BCUT2D eigenvalue weighted by Crippen LogP contribution is -2.50. The van der Waals surface area contributed by atoms with E-state index in [1.54, 1.807) is 0 Å². The second kappa shape index (κ2) is 5.36. The van der Waals surface area contributed by atoms with Gasteiger partial charge < -0.3 is 4.74 Å². The summed E-state index contributed by atoms with van der Waals surface area (Å²) < 4.78 is 5.70. The summed E-state index contributed by atoms with van der Waals surface area (Å²) in [4.78, 5) is 13.8. The van der Waals surface area contributed by atoms with E-state index >= 15 is 0 Å². The van der Waals surface area contributed by atoms with Crippen molar-refractivity contribution < 1.29 is 9.53 Å². The van der Waals surface area contributed by atoms with E-state index in [1.807, 2.05) is 37.4 Å². The van der Waals surface area contributed by atoms with Gasteiger partial charge in [0.05, 0.1) is 0 Å². The van der Waals surface area contributed by atoms with E-state index in [1.165, 1.54) is 6.08 Å². The fourth-order valence-corrected chi connectivity index (χ4v) is 2.54. The van der Waals surface area contributed by atoms with Crippen molar-refractivity contribution in [1.82, 2.24) is 4.90 Å². The lowest BCUT2D eigenvalue weighted by atomic mass is 9.91. The number of rotatable bonds is 3. The highest BCUT2D eigenvalue weighted by molar-refractivity contribution is 5.81. The van der Waals surface area contributed by atoms with Gasteiger partial charge in [-0.3, -0.25) is 4.90 Å². The monoisotopic (exact) mass is 245 g/mol. The molecule has 96 valence electrons. The van der Waals surface area contributed by atoms with E-state index in [9.17, 15) is 4.79 Å². The predicted molar refractivity (Wildman–Crippen MR) is 70.9 cm³/mol. The van der Waals surface area contributed by atoms with Crippen LogP contribution in [-0.2, 0) is 15.3 Å². The van der Waals surface area contributed by atoms with Gasteiger partial charge in [0.25, 0.3) is 0 Å². The zero-order valence-electron chi connectivity index (χ0n) is 10.8. The van der Waals surface area contributed by atoms with Gasteiger partial charge in [-0.25, -0.2) is 4.79 Å². The maximum absolute atomic E-state index is 11.6. The first kappa shape index (κ1) is 12.8. The quantitative estimate of drug-likeness (QED) is 0.605. The predicted octanol–water partition coefficient (Wildman–Crippen LogP) is 2.68. The summed E-state index contributed by atoms with van der Waals surface area (Å²) in [6.07, 6.45) is 4.25. The Morgan fingerprint density at radius 2 is 2.11 bits per heavy atom. The molecule has 0 saturated carbocycles. The van der Waals surface area contributed by atoms with Gasteiger partial charge >= 0.3 is 5.97 Å². The number of nitrogens with zero attached hydrogens (tertiary/aromatic N) is 1. The van der Waals surface area contributed by atoms with Crippen LogP contribution in [0.15, 0.2) is 43.0 Å². The van der Waals surface area contributed by atoms with Crippen molar-refractivity contribution in [3.8, 4) is 0 Å². The van der Waals surface area contributed by atoms with Crippen molar-refractivity contribution in [2.24, 2.45) is 0 Å². The Kier molecular flexibility index (Phi) is 3.82. The molecule has 1 saturated heterocycles. The topological polar surface area (TPSA) is 29.5 Å². The zero-order chi connectivity index (χ0) is 13.0. The molecule has 0 N–H and O–H groups in total. The Bertz CT molecular complexity index is 429. The number of carbonyl (C=O) groups is 1. The van der Waals surface area contributed by atoms with E-state index in [-0.39, 0.29) is 5.97 Å². The molecule has 1 atom stereocenters. The lowest BCUT2D eigenvalue weighted by molar-refractivity contribution is -0.188. The molecule has 1 aromatic rings. The van der Waals surface area contributed by atoms with Crippen molar-refractivity contribution in [2.75, 3.05) is 13.6 Å². The summed E-state index contributed by atoms with van der Waals surface area (Å²) in [6.45, 7) is 4.41. The average Bonchev–Trinajstić information content (AvgIpc) is 2.42. The van der Waals surface area contributed by atoms with Gasteiger partial charge in [0.1, 0.15) is 0 Å². The van der Waals surface area contributed by atoms with Crippen LogP contribution in [0, 0.1) is 0 Å². The average molecular weight is 245 g/mol. The first-order valence-corrected chi connectivity index (χ1v) is 6.31. The number of piperidine rings is 1. The van der Waals surface area contributed by atoms with E-state index in [4.69, 9.17) is 4.74 Å². The Morgan fingerprint density at radius 1 is 1.39 bits per heavy atom. The van der Waals surface area contributed by atoms with E-state index in [0.717, 1.165) is 31.4 Å². The summed E-state index contributed by atoms with van der Waals surface area (Å²) in [5, 5.41) is 0. The normalized spacial score (nSPS) is 24.5. The molecule has 0 aromatic heterocycles. The van der Waals surface area contributed by atoms with Gasteiger partial charge in [-0.05, 0) is 19.9 Å². The number of hydrogen-bond donors (Lipinski definition) is 0. The highest BCUT2D eigenvalue weighted by atomic mass is 16.6. The number of esters is 1. The zero-order valence-corrected chi connectivity index (χ0v) is 10.8. The molecule has 0 amide bonds. The second-order valence-electron chi connectivity index (χ2n) is 4.65. The molecule has 0 radical (unpaired) electrons. The van der Waals surface area contributed by atoms with Crippen LogP contribution in [0.1, 0.15) is 24.8 Å². The molecular weight excluding hydrogens is 226 g/mol. The van der Waals surface area contributed by atoms with Crippen LogP contribution >= 0.6 is 0 Å². The van der Waals surface area contributed by atoms with Crippen LogP contribution in [-0.4, -0.2) is 24.5 Å². The number of ether oxygens (including phenoxy) is 1. The molecule has 2 rings (SSSR count). The molecule has 0 spiro atoms. The summed E-state index contributed by atoms with van der Waals surface area (Å²) in [5.41, 5.74) is 0.396. The van der Waals surface area contributed by atoms with Crippen molar-refractivity contribution in [3.05, 3.63) is 48.6 Å². The molecule has 1 unspecified atom stereocenters. The molecule has 3 nitrogen and oxygen atoms in total. The fourth-order valence-electron chi connectivity index (χ4n) is 2.54. The SMILES string of the molecule is C=CC(=O)OC1(c2ccccc2)CCCCN1C. The van der Waals surface area contributed by atoms with Gasteiger partial charge in [0.15, 0.2) is 5.72 Å². The Hall–Kier alpha value is -1.61. The van der Waals surface area contributed by atoms with Crippen molar-refractivity contribution in [3.63, 3.8) is 0 Å². The minimum Gasteiger partial charge on any atom is -0.436 e. The van der Waals surface area contributed by atoms with Crippen molar-refractivity contribution in [2.45, 2.75) is 25.0 Å². The van der Waals surface area contributed by atoms with Crippen LogP contribution in [0.3, 0.4) is 0 Å². The molecule has 3 heteroatoms. The Morgan fingerprint density at radius 3 is 2.72 bits per heavy atom. The molecule has 1 heterocycles. The van der Waals surface area contributed by atoms with Crippen LogP contribution < -0.4 is 0 Å². The third-order valence-electron chi connectivity index (χ3n) is 3.54. The minimum atomic E-state index is -0.634. The molecule has 1 fully saturated rings. The fraction of sp³-hybridized carbons (Fsp3) is 0.400. The third-order valence-corrected chi connectivity index (χ3v) is 3.54. The maximum Gasteiger partial charge on any atom is 0.332 e. The second-order valence-corrected chi connectivity index (χ2v) is 4.65. The minimum absolute atomic E-state index is 0.368. The number of benzene rings is 1. The molecule has 0 bridgehead atoms. The molecule has 1 aliphatic rings. The van der Waals surface area contributed by atoms with Gasteiger partial charge in [-0.1, -0.05) is 36.9 Å². The molecular formula is C15H19NO2. The highest BCUT2D eigenvalue weighted by Crippen LogP contribution is 2.37. The smallest absolute Gasteiger partial charge is 0.332 e. The van der Waals surface area contributed by atoms with Crippen LogP contribution in [0.4, 0.5) is 0 Å². The molecule has 0 aliphatic carbocycles. The first-order valence-electron chi connectivity index (χ1n) is 6.31. The third kappa shape index (κ3) is 2.31. The van der Waals surface area contributed by atoms with Crippen LogP contribution in [0.2, 0.25) is 0 Å². The summed E-state index contributed by atoms with van der Waals surface area (Å²) in [6, 6.07) is 9.94. The molecule has 18 heavy (non-hydrogen) atoms. The van der Waals surface area contributed by atoms with E-state index < -0.39 is 5.72 Å². The van der Waals surface area contributed by atoms with Gasteiger partial charge in [-0.15, -0.1) is 0 Å². The summed E-state index contributed by atoms with van der Waals surface area (Å²) in [5.74, 6) is -0.368. The number of carbonyl (C=O) groups excluding carboxylic acids is 1. The van der Waals surface area contributed by atoms with Crippen LogP contribution in [0.5, 0.6) is 0 Å². The molecule has 1 aromatic carbocycles. The largest absolute Gasteiger partial charge is 0.436 e. The molecule has 1 aliphatic heterocycles. The van der Waals surface area contributed by atoms with E-state index in [2.05, 4.69) is 11.5 Å². The van der Waals surface area contributed by atoms with E-state index in [0.29, 0.717) is 0 Å². The van der Waals surface area contributed by atoms with Gasteiger partial charge in [-0.2, -0.15) is 0 Å². The summed E-state index contributed by atoms with van der Waals surface area (Å²) in [7, 11) is 2.00. The van der Waals surface area contributed by atoms with Crippen molar-refractivity contribution >= 4 is 5.97 Å². The Labute approximate surface area is 108 Å². The van der Waals surface area contributed by atoms with Gasteiger partial charge in [0.2, 0.25) is 0 Å². The first-order chi connectivity index (χ1) is 8.69. The standard InChI is InChI=1S/C15H19NO2/c1-3-14(17)18-15(11-7-8-12-16(15)2)13-9-5-4-6-10-13/h3-6,9-10H,1,7-8,11-12H2,2H3. The highest BCUT2D eigenvalue weighted by Gasteiger charge is 2.41. The number of likely N-dealkylation sites (tertiary alicyclic amines) is 1. The summed E-state index contributed by atoms with van der Waals surface area (Å²) >= 11 is 0. The lowest BCUT2D eigenvalue weighted by Gasteiger charge is -2.44. The number of hydrogen-bond acceptors (Lipinski definition) is 3. The van der Waals surface area contributed by atoms with Crippen LogP contribution in [0.25, 0.3) is 0 Å². The van der Waals surface area contributed by atoms with Gasteiger partial charge in [0, 0.05) is 24.6 Å². The Balaban J connectivity index is 2.38. The van der Waals surface area contributed by atoms with Crippen molar-refractivity contribution in [1.29, 1.82) is 0 Å².